The molecule has 0 saturated heterocycles. The normalized spacial score (nSPS) is 15.2. The van der Waals surface area contributed by atoms with Crippen molar-refractivity contribution in [1.29, 1.82) is 0 Å². The molecule has 1 aliphatic rings. The van der Waals surface area contributed by atoms with Crippen molar-refractivity contribution >= 4 is 17.3 Å². The van der Waals surface area contributed by atoms with Crippen LogP contribution in [0, 0.1) is 0 Å². The molecule has 0 heterocycles. The number of hydrogen-bond acceptors (Lipinski definition) is 4. The van der Waals surface area contributed by atoms with E-state index in [1.54, 1.807) is 12.1 Å². The number of nitrogens with zero attached hydrogens (tertiary/aromatic N) is 1. The van der Waals surface area contributed by atoms with Gasteiger partial charge in [-0.3, -0.25) is 4.79 Å². The number of aliphatic hydroxyl groups excluding tert-OH is 1. The van der Waals surface area contributed by atoms with E-state index < -0.39 is 5.91 Å². The standard InChI is InChI=1S/C13H19N3O2/c14-12-5-4-10(8-11(12)13(15)18)16(6-7-17)9-2-1-3-9/h4-5,8-9,17H,1-3,6-7,14H2,(H2,15,18). The summed E-state index contributed by atoms with van der Waals surface area (Å²) < 4.78 is 0. The highest BCUT2D eigenvalue weighted by Gasteiger charge is 2.25. The fourth-order valence-corrected chi connectivity index (χ4v) is 2.26. The fraction of sp³-hybridized carbons (Fsp3) is 0.462. The summed E-state index contributed by atoms with van der Waals surface area (Å²) in [7, 11) is 0. The SMILES string of the molecule is NC(=O)c1cc(N(CCO)C2CCC2)ccc1N. The zero-order valence-electron chi connectivity index (χ0n) is 10.3. The van der Waals surface area contributed by atoms with Crippen LogP contribution < -0.4 is 16.4 Å². The Balaban J connectivity index is 2.29. The third-order valence-corrected chi connectivity index (χ3v) is 3.49. The predicted octanol–water partition coefficient (Wildman–Crippen LogP) is 0.719. The van der Waals surface area contributed by atoms with E-state index in [0.717, 1.165) is 18.5 Å². The smallest absolute Gasteiger partial charge is 0.250 e. The Kier molecular flexibility index (Phi) is 3.72. The summed E-state index contributed by atoms with van der Waals surface area (Å²) in [6.45, 7) is 0.652. The summed E-state index contributed by atoms with van der Waals surface area (Å²) in [5, 5.41) is 9.14. The number of rotatable bonds is 5. The van der Waals surface area contributed by atoms with E-state index in [-0.39, 0.29) is 6.61 Å². The van der Waals surface area contributed by atoms with Crippen LogP contribution in [0.25, 0.3) is 0 Å². The summed E-state index contributed by atoms with van der Waals surface area (Å²) in [4.78, 5) is 13.4. The Morgan fingerprint density at radius 3 is 2.67 bits per heavy atom. The molecule has 1 amide bonds. The zero-order valence-corrected chi connectivity index (χ0v) is 10.3. The van der Waals surface area contributed by atoms with Crippen LogP contribution in [-0.2, 0) is 0 Å². The third kappa shape index (κ3) is 2.41. The number of carbonyl (C=O) groups is 1. The van der Waals surface area contributed by atoms with Gasteiger partial charge in [-0.15, -0.1) is 0 Å². The van der Waals surface area contributed by atoms with Crippen LogP contribution in [0.5, 0.6) is 0 Å². The molecule has 0 spiro atoms. The molecule has 1 aromatic rings. The van der Waals surface area contributed by atoms with E-state index in [1.807, 2.05) is 6.07 Å². The Morgan fingerprint density at radius 2 is 2.17 bits per heavy atom. The van der Waals surface area contributed by atoms with Crippen molar-refractivity contribution in [2.24, 2.45) is 5.73 Å². The molecule has 1 aromatic carbocycles. The molecule has 1 aliphatic carbocycles. The molecule has 0 bridgehead atoms. The van der Waals surface area contributed by atoms with Gasteiger partial charge in [0.2, 0.25) is 0 Å². The molecule has 0 radical (unpaired) electrons. The van der Waals surface area contributed by atoms with Crippen molar-refractivity contribution in [3.05, 3.63) is 23.8 Å². The first-order chi connectivity index (χ1) is 8.63. The van der Waals surface area contributed by atoms with Crippen LogP contribution in [0.4, 0.5) is 11.4 Å². The highest BCUT2D eigenvalue weighted by atomic mass is 16.3. The molecule has 5 nitrogen and oxygen atoms in total. The predicted molar refractivity (Wildman–Crippen MR) is 71.4 cm³/mol. The number of carbonyl (C=O) groups excluding carboxylic acids is 1. The Labute approximate surface area is 106 Å². The van der Waals surface area contributed by atoms with Crippen LogP contribution in [0.1, 0.15) is 29.6 Å². The van der Waals surface area contributed by atoms with Crippen molar-refractivity contribution < 1.29 is 9.90 Å². The number of anilines is 2. The molecule has 0 atom stereocenters. The van der Waals surface area contributed by atoms with Gasteiger partial charge in [0.05, 0.1) is 12.2 Å². The van der Waals surface area contributed by atoms with Crippen molar-refractivity contribution in [3.63, 3.8) is 0 Å². The summed E-state index contributed by atoms with van der Waals surface area (Å²) >= 11 is 0. The minimum Gasteiger partial charge on any atom is -0.398 e. The molecular formula is C13H19N3O2. The van der Waals surface area contributed by atoms with Gasteiger partial charge in [0.15, 0.2) is 0 Å². The van der Waals surface area contributed by atoms with Gasteiger partial charge < -0.3 is 21.5 Å². The maximum Gasteiger partial charge on any atom is 0.250 e. The second-order valence-corrected chi connectivity index (χ2v) is 4.64. The molecular weight excluding hydrogens is 230 g/mol. The quantitative estimate of drug-likeness (QED) is 0.670. The van der Waals surface area contributed by atoms with Crippen molar-refractivity contribution in [2.45, 2.75) is 25.3 Å². The molecule has 0 unspecified atom stereocenters. The maximum absolute atomic E-state index is 11.3. The molecule has 2 rings (SSSR count). The van der Waals surface area contributed by atoms with Gasteiger partial charge in [-0.05, 0) is 37.5 Å². The minimum atomic E-state index is -0.521. The van der Waals surface area contributed by atoms with Gasteiger partial charge in [-0.1, -0.05) is 0 Å². The molecule has 1 saturated carbocycles. The van der Waals surface area contributed by atoms with Gasteiger partial charge in [0.25, 0.3) is 5.91 Å². The van der Waals surface area contributed by atoms with Crippen LogP contribution >= 0.6 is 0 Å². The number of nitrogens with two attached hydrogens (primary N) is 2. The molecule has 5 N–H and O–H groups in total. The number of amides is 1. The number of nitrogen functional groups attached to an aromatic ring is 1. The molecule has 0 aromatic heterocycles. The number of hydrogen-bond donors (Lipinski definition) is 3. The lowest BCUT2D eigenvalue weighted by molar-refractivity contribution is 0.100. The van der Waals surface area contributed by atoms with E-state index in [9.17, 15) is 4.79 Å². The topological polar surface area (TPSA) is 92.6 Å². The lowest BCUT2D eigenvalue weighted by atomic mass is 9.91. The first-order valence-electron chi connectivity index (χ1n) is 6.20. The van der Waals surface area contributed by atoms with E-state index in [4.69, 9.17) is 16.6 Å². The van der Waals surface area contributed by atoms with Crippen LogP contribution in [0.3, 0.4) is 0 Å². The monoisotopic (exact) mass is 249 g/mol. The fourth-order valence-electron chi connectivity index (χ4n) is 2.26. The Morgan fingerprint density at radius 1 is 1.44 bits per heavy atom. The average Bonchev–Trinajstić information content (AvgIpc) is 2.26. The van der Waals surface area contributed by atoms with Gasteiger partial charge >= 0.3 is 0 Å². The first kappa shape index (κ1) is 12.7. The van der Waals surface area contributed by atoms with Crippen LogP contribution in [0.15, 0.2) is 18.2 Å². The van der Waals surface area contributed by atoms with Gasteiger partial charge in [-0.2, -0.15) is 0 Å². The lowest BCUT2D eigenvalue weighted by Crippen LogP contribution is -2.42. The van der Waals surface area contributed by atoms with Gasteiger partial charge in [-0.25, -0.2) is 0 Å². The van der Waals surface area contributed by atoms with Crippen molar-refractivity contribution in [3.8, 4) is 0 Å². The van der Waals surface area contributed by atoms with E-state index in [2.05, 4.69) is 4.90 Å². The molecule has 98 valence electrons. The average molecular weight is 249 g/mol. The molecule has 5 heteroatoms. The van der Waals surface area contributed by atoms with Crippen molar-refractivity contribution in [2.75, 3.05) is 23.8 Å². The van der Waals surface area contributed by atoms with Crippen molar-refractivity contribution in [1.82, 2.24) is 0 Å². The van der Waals surface area contributed by atoms with Gasteiger partial charge in [0, 0.05) is 24.0 Å². The lowest BCUT2D eigenvalue weighted by Gasteiger charge is -2.39. The summed E-state index contributed by atoms with van der Waals surface area (Å²) in [5.41, 5.74) is 12.6. The minimum absolute atomic E-state index is 0.0901. The first-order valence-corrected chi connectivity index (χ1v) is 6.20. The third-order valence-electron chi connectivity index (χ3n) is 3.49. The second kappa shape index (κ2) is 5.27. The number of primary amides is 1. The Bertz CT molecular complexity index is 444. The highest BCUT2D eigenvalue weighted by molar-refractivity contribution is 5.99. The largest absolute Gasteiger partial charge is 0.398 e. The van der Waals surface area contributed by atoms with E-state index >= 15 is 0 Å². The second-order valence-electron chi connectivity index (χ2n) is 4.64. The number of aliphatic hydroxyl groups is 1. The highest BCUT2D eigenvalue weighted by Crippen LogP contribution is 2.30. The van der Waals surface area contributed by atoms with Gasteiger partial charge in [0.1, 0.15) is 0 Å². The zero-order chi connectivity index (χ0) is 13.1. The molecule has 18 heavy (non-hydrogen) atoms. The summed E-state index contributed by atoms with van der Waals surface area (Å²) in [5.74, 6) is -0.521. The Hall–Kier alpha value is -1.75. The summed E-state index contributed by atoms with van der Waals surface area (Å²) in [6, 6.07) is 5.72. The summed E-state index contributed by atoms with van der Waals surface area (Å²) in [6.07, 6.45) is 3.46. The van der Waals surface area contributed by atoms with Crippen LogP contribution in [0.2, 0.25) is 0 Å². The van der Waals surface area contributed by atoms with Crippen LogP contribution in [-0.4, -0.2) is 30.2 Å². The number of benzene rings is 1. The van der Waals surface area contributed by atoms with E-state index in [1.165, 1.54) is 6.42 Å². The molecule has 1 fully saturated rings. The molecule has 0 aliphatic heterocycles. The maximum atomic E-state index is 11.3. The van der Waals surface area contributed by atoms with E-state index in [0.29, 0.717) is 23.8 Å².